The molecule has 3 aromatic carbocycles. The second-order valence-electron chi connectivity index (χ2n) is 7.27. The number of anilines is 1. The van der Waals surface area contributed by atoms with Gasteiger partial charge in [-0.05, 0) is 56.2 Å². The Labute approximate surface area is 175 Å². The van der Waals surface area contributed by atoms with Crippen molar-refractivity contribution in [2.24, 2.45) is 0 Å². The monoisotopic (exact) mass is 400 g/mol. The van der Waals surface area contributed by atoms with Crippen LogP contribution in [0.2, 0.25) is 5.02 Å². The van der Waals surface area contributed by atoms with Crippen molar-refractivity contribution in [1.29, 1.82) is 0 Å². The highest BCUT2D eigenvalue weighted by Gasteiger charge is 2.20. The number of nitrogens with one attached hydrogen (secondary N) is 1. The van der Waals surface area contributed by atoms with Gasteiger partial charge in [-0.25, -0.2) is 4.98 Å². The highest BCUT2D eigenvalue weighted by atomic mass is 35.5. The van der Waals surface area contributed by atoms with Crippen molar-refractivity contribution in [2.75, 3.05) is 5.32 Å². The highest BCUT2D eigenvalue weighted by molar-refractivity contribution is 6.31. The standard InChI is InChI=1S/C25H21ClN2O/c1-15-12-16(2)23-21(13-15)22(25(29)27-20-11-7-10-19(26)14-20)17(3)24(28-23)18-8-5-4-6-9-18/h4-14H,1-3H3,(H,27,29). The molecule has 0 spiro atoms. The van der Waals surface area contributed by atoms with Crippen molar-refractivity contribution >= 4 is 34.1 Å². The van der Waals surface area contributed by atoms with Gasteiger partial charge in [0.15, 0.2) is 0 Å². The molecule has 0 saturated heterocycles. The number of benzene rings is 3. The molecule has 0 saturated carbocycles. The summed E-state index contributed by atoms with van der Waals surface area (Å²) in [4.78, 5) is 18.3. The number of amides is 1. The Morgan fingerprint density at radius 3 is 2.41 bits per heavy atom. The van der Waals surface area contributed by atoms with Crippen LogP contribution in [0.15, 0.2) is 66.7 Å². The highest BCUT2D eigenvalue weighted by Crippen LogP contribution is 2.32. The van der Waals surface area contributed by atoms with E-state index < -0.39 is 0 Å². The predicted molar refractivity (Wildman–Crippen MR) is 121 cm³/mol. The summed E-state index contributed by atoms with van der Waals surface area (Å²) < 4.78 is 0. The number of hydrogen-bond acceptors (Lipinski definition) is 2. The predicted octanol–water partition coefficient (Wildman–Crippen LogP) is 6.73. The van der Waals surface area contributed by atoms with Gasteiger partial charge < -0.3 is 5.32 Å². The molecular weight excluding hydrogens is 380 g/mol. The van der Waals surface area contributed by atoms with Gasteiger partial charge in [0.25, 0.3) is 5.91 Å². The average Bonchev–Trinajstić information content (AvgIpc) is 2.68. The molecule has 1 aromatic heterocycles. The van der Waals surface area contributed by atoms with Gasteiger partial charge in [0.1, 0.15) is 0 Å². The maximum atomic E-state index is 13.4. The summed E-state index contributed by atoms with van der Waals surface area (Å²) in [5.74, 6) is -0.167. The van der Waals surface area contributed by atoms with Gasteiger partial charge in [0, 0.05) is 21.7 Å². The summed E-state index contributed by atoms with van der Waals surface area (Å²) in [6.45, 7) is 6.02. The van der Waals surface area contributed by atoms with E-state index in [1.807, 2.05) is 69.3 Å². The SMILES string of the molecule is Cc1cc(C)c2nc(-c3ccccc3)c(C)c(C(=O)Nc3cccc(Cl)c3)c2c1. The quantitative estimate of drug-likeness (QED) is 0.414. The first-order chi connectivity index (χ1) is 13.9. The lowest BCUT2D eigenvalue weighted by Gasteiger charge is -2.16. The first-order valence-corrected chi connectivity index (χ1v) is 9.86. The molecule has 0 radical (unpaired) electrons. The lowest BCUT2D eigenvalue weighted by molar-refractivity contribution is 0.102. The van der Waals surface area contributed by atoms with Crippen molar-refractivity contribution in [3.05, 3.63) is 94.0 Å². The topological polar surface area (TPSA) is 42.0 Å². The Hall–Kier alpha value is -3.17. The summed E-state index contributed by atoms with van der Waals surface area (Å²) in [5.41, 5.74) is 6.96. The van der Waals surface area contributed by atoms with Crippen LogP contribution < -0.4 is 5.32 Å². The minimum Gasteiger partial charge on any atom is -0.322 e. The molecule has 0 unspecified atom stereocenters. The average molecular weight is 401 g/mol. The van der Waals surface area contributed by atoms with Crippen LogP contribution in [-0.2, 0) is 0 Å². The Bertz CT molecular complexity index is 1230. The third-order valence-corrected chi connectivity index (χ3v) is 5.26. The second kappa shape index (κ2) is 7.69. The normalized spacial score (nSPS) is 10.9. The molecule has 1 amide bonds. The number of pyridine rings is 1. The van der Waals surface area contributed by atoms with Crippen molar-refractivity contribution in [3.8, 4) is 11.3 Å². The molecule has 0 aliphatic rings. The Balaban J connectivity index is 1.95. The molecule has 0 bridgehead atoms. The third kappa shape index (κ3) is 3.74. The van der Waals surface area contributed by atoms with Gasteiger partial charge in [-0.15, -0.1) is 0 Å². The number of hydrogen-bond donors (Lipinski definition) is 1. The molecule has 1 heterocycles. The lowest BCUT2D eigenvalue weighted by Crippen LogP contribution is -2.15. The summed E-state index contributed by atoms with van der Waals surface area (Å²) in [6, 6.07) is 21.3. The first-order valence-electron chi connectivity index (χ1n) is 9.48. The molecular formula is C25H21ClN2O. The molecule has 144 valence electrons. The summed E-state index contributed by atoms with van der Waals surface area (Å²) in [7, 11) is 0. The third-order valence-electron chi connectivity index (χ3n) is 5.02. The van der Waals surface area contributed by atoms with E-state index in [2.05, 4.69) is 11.4 Å². The van der Waals surface area contributed by atoms with Crippen LogP contribution in [0.25, 0.3) is 22.2 Å². The second-order valence-corrected chi connectivity index (χ2v) is 7.71. The van der Waals surface area contributed by atoms with Gasteiger partial charge in [0.05, 0.1) is 16.8 Å². The maximum absolute atomic E-state index is 13.4. The molecule has 0 fully saturated rings. The number of rotatable bonds is 3. The molecule has 4 heteroatoms. The fraction of sp³-hybridized carbons (Fsp3) is 0.120. The molecule has 29 heavy (non-hydrogen) atoms. The molecule has 0 atom stereocenters. The zero-order valence-corrected chi connectivity index (χ0v) is 17.3. The molecule has 0 aliphatic heterocycles. The van der Waals surface area contributed by atoms with Gasteiger partial charge in [-0.3, -0.25) is 4.79 Å². The van der Waals surface area contributed by atoms with Crippen molar-refractivity contribution in [2.45, 2.75) is 20.8 Å². The number of aromatic nitrogens is 1. The number of nitrogens with zero attached hydrogens (tertiary/aromatic N) is 1. The molecule has 3 nitrogen and oxygen atoms in total. The van der Waals surface area contributed by atoms with E-state index in [0.717, 1.165) is 38.9 Å². The zero-order chi connectivity index (χ0) is 20.5. The first kappa shape index (κ1) is 19.2. The summed E-state index contributed by atoms with van der Waals surface area (Å²) in [6.07, 6.45) is 0. The van der Waals surface area contributed by atoms with E-state index in [1.54, 1.807) is 12.1 Å². The lowest BCUT2D eigenvalue weighted by atomic mass is 9.94. The van der Waals surface area contributed by atoms with Crippen LogP contribution in [-0.4, -0.2) is 10.9 Å². The minimum absolute atomic E-state index is 0.167. The summed E-state index contributed by atoms with van der Waals surface area (Å²) >= 11 is 6.09. The van der Waals surface area contributed by atoms with Gasteiger partial charge in [0.2, 0.25) is 0 Å². The van der Waals surface area contributed by atoms with Gasteiger partial charge in [-0.2, -0.15) is 0 Å². The molecule has 0 aliphatic carbocycles. The fourth-order valence-electron chi connectivity index (χ4n) is 3.74. The van der Waals surface area contributed by atoms with Crippen LogP contribution in [0.3, 0.4) is 0 Å². The van der Waals surface area contributed by atoms with Crippen molar-refractivity contribution in [1.82, 2.24) is 4.98 Å². The van der Waals surface area contributed by atoms with E-state index in [9.17, 15) is 4.79 Å². The van der Waals surface area contributed by atoms with Gasteiger partial charge >= 0.3 is 0 Å². The van der Waals surface area contributed by atoms with Crippen molar-refractivity contribution in [3.63, 3.8) is 0 Å². The molecule has 4 aromatic rings. The van der Waals surface area contributed by atoms with Crippen molar-refractivity contribution < 1.29 is 4.79 Å². The fourth-order valence-corrected chi connectivity index (χ4v) is 3.93. The Morgan fingerprint density at radius 2 is 1.69 bits per heavy atom. The van der Waals surface area contributed by atoms with E-state index in [1.165, 1.54) is 0 Å². The summed E-state index contributed by atoms with van der Waals surface area (Å²) in [5, 5.41) is 4.44. The van der Waals surface area contributed by atoms with Gasteiger partial charge in [-0.1, -0.05) is 59.6 Å². The maximum Gasteiger partial charge on any atom is 0.256 e. The van der Waals surface area contributed by atoms with E-state index >= 15 is 0 Å². The van der Waals surface area contributed by atoms with Crippen LogP contribution >= 0.6 is 11.6 Å². The number of fused-ring (bicyclic) bond motifs is 1. The van der Waals surface area contributed by atoms with Crippen LogP contribution in [0.1, 0.15) is 27.0 Å². The Kier molecular flexibility index (Phi) is 5.08. The number of halogens is 1. The Morgan fingerprint density at radius 1 is 0.931 bits per heavy atom. The van der Waals surface area contributed by atoms with E-state index in [0.29, 0.717) is 16.3 Å². The van der Waals surface area contributed by atoms with E-state index in [-0.39, 0.29) is 5.91 Å². The van der Waals surface area contributed by atoms with E-state index in [4.69, 9.17) is 16.6 Å². The molecule has 1 N–H and O–H groups in total. The number of aryl methyl sites for hydroxylation is 2. The van der Waals surface area contributed by atoms with Crippen LogP contribution in [0, 0.1) is 20.8 Å². The minimum atomic E-state index is -0.167. The molecule has 4 rings (SSSR count). The van der Waals surface area contributed by atoms with Crippen LogP contribution in [0.4, 0.5) is 5.69 Å². The largest absolute Gasteiger partial charge is 0.322 e. The number of carbonyl (C=O) groups excluding carboxylic acids is 1. The van der Waals surface area contributed by atoms with Crippen LogP contribution in [0.5, 0.6) is 0 Å². The zero-order valence-electron chi connectivity index (χ0n) is 16.6. The smallest absolute Gasteiger partial charge is 0.256 e. The number of carbonyl (C=O) groups is 1.